The van der Waals surface area contributed by atoms with Crippen molar-refractivity contribution in [3.8, 4) is 0 Å². The average Bonchev–Trinajstić information content (AvgIpc) is 2.38. The minimum atomic E-state index is -0.618. The topological polar surface area (TPSA) is 54.0 Å². The predicted octanol–water partition coefficient (Wildman–Crippen LogP) is 2.57. The number of hydrogen-bond donors (Lipinski definition) is 2. The summed E-state index contributed by atoms with van der Waals surface area (Å²) in [6.45, 7) is 5.93. The molecule has 0 saturated heterocycles. The van der Waals surface area contributed by atoms with Gasteiger partial charge in [0, 0.05) is 18.8 Å². The number of aromatic nitrogens is 1. The Morgan fingerprint density at radius 2 is 2.06 bits per heavy atom. The fraction of sp³-hybridized carbons (Fsp3) is 0.538. The molecule has 0 radical (unpaired) electrons. The maximum atomic E-state index is 13.9. The van der Waals surface area contributed by atoms with Crippen LogP contribution < -0.4 is 10.6 Å². The fourth-order valence-electron chi connectivity index (χ4n) is 1.56. The molecule has 0 saturated carbocycles. The molecule has 5 heteroatoms. The average molecular weight is 253 g/mol. The van der Waals surface area contributed by atoms with Gasteiger partial charge in [0.15, 0.2) is 11.6 Å². The second-order valence-electron chi connectivity index (χ2n) is 4.49. The smallest absolute Gasteiger partial charge is 0.254 e. The van der Waals surface area contributed by atoms with Gasteiger partial charge in [0.2, 0.25) is 0 Å². The van der Waals surface area contributed by atoms with Gasteiger partial charge in [0.1, 0.15) is 0 Å². The van der Waals surface area contributed by atoms with Crippen LogP contribution in [0.5, 0.6) is 0 Å². The third kappa shape index (κ3) is 2.97. The molecule has 0 aliphatic rings. The first-order chi connectivity index (χ1) is 8.47. The summed E-state index contributed by atoms with van der Waals surface area (Å²) in [7, 11) is 1.56. The van der Waals surface area contributed by atoms with E-state index in [1.807, 2.05) is 20.8 Å². The summed E-state index contributed by atoms with van der Waals surface area (Å²) >= 11 is 0. The van der Waals surface area contributed by atoms with Gasteiger partial charge in [0.25, 0.3) is 5.91 Å². The van der Waals surface area contributed by atoms with E-state index in [0.717, 1.165) is 12.8 Å². The highest BCUT2D eigenvalue weighted by Gasteiger charge is 2.24. The lowest BCUT2D eigenvalue weighted by molar-refractivity contribution is 0.0897. The number of pyridine rings is 1. The van der Waals surface area contributed by atoms with Crippen LogP contribution in [0.2, 0.25) is 0 Å². The number of carbonyl (C=O) groups is 1. The maximum Gasteiger partial charge on any atom is 0.254 e. The van der Waals surface area contributed by atoms with Gasteiger partial charge < -0.3 is 10.6 Å². The van der Waals surface area contributed by atoms with Crippen LogP contribution in [0.25, 0.3) is 0 Å². The predicted molar refractivity (Wildman–Crippen MR) is 70.2 cm³/mol. The van der Waals surface area contributed by atoms with Crippen LogP contribution in [0.3, 0.4) is 0 Å². The quantitative estimate of drug-likeness (QED) is 0.848. The van der Waals surface area contributed by atoms with Crippen molar-refractivity contribution in [1.82, 2.24) is 10.3 Å². The summed E-state index contributed by atoms with van der Waals surface area (Å²) in [5.41, 5.74) is -0.297. The monoisotopic (exact) mass is 253 g/mol. The highest BCUT2D eigenvalue weighted by molar-refractivity contribution is 5.95. The largest absolute Gasteiger partial charge is 0.371 e. The standard InChI is InChI=1S/C13H20FN3O/c1-5-13(3,6-2)17-12(18)9-7-8-16-11(15-4)10(9)14/h7-8H,5-6H2,1-4H3,(H,15,16)(H,17,18). The van der Waals surface area contributed by atoms with E-state index < -0.39 is 11.7 Å². The highest BCUT2D eigenvalue weighted by Crippen LogP contribution is 2.18. The Balaban J connectivity index is 2.98. The van der Waals surface area contributed by atoms with E-state index in [0.29, 0.717) is 0 Å². The van der Waals surface area contributed by atoms with E-state index in [9.17, 15) is 9.18 Å². The minimum absolute atomic E-state index is 0.0162. The number of rotatable bonds is 5. The second kappa shape index (κ2) is 5.80. The van der Waals surface area contributed by atoms with Crippen LogP contribution in [0.15, 0.2) is 12.3 Å². The molecule has 0 fully saturated rings. The summed E-state index contributed by atoms with van der Waals surface area (Å²) < 4.78 is 13.9. The molecule has 4 nitrogen and oxygen atoms in total. The van der Waals surface area contributed by atoms with Crippen molar-refractivity contribution in [2.75, 3.05) is 12.4 Å². The zero-order valence-corrected chi connectivity index (χ0v) is 11.3. The van der Waals surface area contributed by atoms with E-state index in [-0.39, 0.29) is 16.9 Å². The normalized spacial score (nSPS) is 11.2. The van der Waals surface area contributed by atoms with Crippen molar-refractivity contribution in [2.24, 2.45) is 0 Å². The fourth-order valence-corrected chi connectivity index (χ4v) is 1.56. The molecule has 0 unspecified atom stereocenters. The van der Waals surface area contributed by atoms with Crippen molar-refractivity contribution in [2.45, 2.75) is 39.2 Å². The first-order valence-corrected chi connectivity index (χ1v) is 6.12. The van der Waals surface area contributed by atoms with Crippen LogP contribution >= 0.6 is 0 Å². The molecule has 1 rings (SSSR count). The molecule has 1 amide bonds. The van der Waals surface area contributed by atoms with Crippen LogP contribution in [0.4, 0.5) is 10.2 Å². The summed E-state index contributed by atoms with van der Waals surface area (Å²) in [6, 6.07) is 1.39. The lowest BCUT2D eigenvalue weighted by Crippen LogP contribution is -2.45. The SMILES string of the molecule is CCC(C)(CC)NC(=O)c1ccnc(NC)c1F. The van der Waals surface area contributed by atoms with Crippen LogP contribution in [0, 0.1) is 5.82 Å². The lowest BCUT2D eigenvalue weighted by Gasteiger charge is -2.28. The van der Waals surface area contributed by atoms with Gasteiger partial charge in [-0.2, -0.15) is 0 Å². The Kier molecular flexibility index (Phi) is 4.64. The number of nitrogens with one attached hydrogen (secondary N) is 2. The molecule has 2 N–H and O–H groups in total. The molecule has 0 aliphatic heterocycles. The van der Waals surface area contributed by atoms with Gasteiger partial charge in [-0.1, -0.05) is 13.8 Å². The Labute approximate surface area is 107 Å². The summed E-state index contributed by atoms with van der Waals surface area (Å²) in [5, 5.41) is 5.48. The van der Waals surface area contributed by atoms with Crippen LogP contribution in [-0.2, 0) is 0 Å². The van der Waals surface area contributed by atoms with Gasteiger partial charge in [-0.15, -0.1) is 0 Å². The minimum Gasteiger partial charge on any atom is -0.371 e. The molecule has 0 atom stereocenters. The Bertz CT molecular complexity index is 430. The molecule has 0 spiro atoms. The first kappa shape index (κ1) is 14.4. The zero-order chi connectivity index (χ0) is 13.8. The molecular formula is C13H20FN3O. The number of carbonyl (C=O) groups excluding carboxylic acids is 1. The van der Waals surface area contributed by atoms with Gasteiger partial charge in [-0.05, 0) is 25.8 Å². The van der Waals surface area contributed by atoms with E-state index in [4.69, 9.17) is 0 Å². The second-order valence-corrected chi connectivity index (χ2v) is 4.49. The van der Waals surface area contributed by atoms with E-state index in [1.165, 1.54) is 12.3 Å². The molecule has 18 heavy (non-hydrogen) atoms. The molecule has 1 aromatic heterocycles. The van der Waals surface area contributed by atoms with E-state index >= 15 is 0 Å². The molecule has 1 aromatic rings. The van der Waals surface area contributed by atoms with Gasteiger partial charge in [-0.25, -0.2) is 9.37 Å². The molecule has 100 valence electrons. The van der Waals surface area contributed by atoms with Gasteiger partial charge in [-0.3, -0.25) is 4.79 Å². The summed E-state index contributed by atoms with van der Waals surface area (Å²) in [6.07, 6.45) is 3.00. The van der Waals surface area contributed by atoms with Crippen LogP contribution in [0.1, 0.15) is 44.0 Å². The maximum absolute atomic E-state index is 13.9. The molecule has 0 aliphatic carbocycles. The number of nitrogens with zero attached hydrogens (tertiary/aromatic N) is 1. The van der Waals surface area contributed by atoms with Crippen molar-refractivity contribution in [1.29, 1.82) is 0 Å². The molecular weight excluding hydrogens is 233 g/mol. The van der Waals surface area contributed by atoms with Crippen LogP contribution in [-0.4, -0.2) is 23.5 Å². The van der Waals surface area contributed by atoms with E-state index in [1.54, 1.807) is 7.05 Å². The van der Waals surface area contributed by atoms with Crippen molar-refractivity contribution >= 4 is 11.7 Å². The van der Waals surface area contributed by atoms with Crippen molar-refractivity contribution < 1.29 is 9.18 Å². The Hall–Kier alpha value is -1.65. The third-order valence-electron chi connectivity index (χ3n) is 3.35. The van der Waals surface area contributed by atoms with Gasteiger partial charge in [0.05, 0.1) is 5.56 Å². The molecule has 0 aromatic carbocycles. The number of halogens is 1. The van der Waals surface area contributed by atoms with Gasteiger partial charge >= 0.3 is 0 Å². The zero-order valence-electron chi connectivity index (χ0n) is 11.3. The lowest BCUT2D eigenvalue weighted by atomic mass is 9.95. The summed E-state index contributed by atoms with van der Waals surface area (Å²) in [5.74, 6) is -0.943. The van der Waals surface area contributed by atoms with Crippen molar-refractivity contribution in [3.63, 3.8) is 0 Å². The molecule has 0 bridgehead atoms. The Morgan fingerprint density at radius 3 is 2.56 bits per heavy atom. The van der Waals surface area contributed by atoms with E-state index in [2.05, 4.69) is 15.6 Å². The first-order valence-electron chi connectivity index (χ1n) is 6.12. The number of amides is 1. The van der Waals surface area contributed by atoms with Crippen molar-refractivity contribution in [3.05, 3.63) is 23.6 Å². The number of anilines is 1. The number of hydrogen-bond acceptors (Lipinski definition) is 3. The molecule has 1 heterocycles. The third-order valence-corrected chi connectivity index (χ3v) is 3.35. The summed E-state index contributed by atoms with van der Waals surface area (Å²) in [4.78, 5) is 15.9. The highest BCUT2D eigenvalue weighted by atomic mass is 19.1. The Morgan fingerprint density at radius 1 is 1.44 bits per heavy atom.